The minimum Gasteiger partial charge on any atom is -0.387 e. The van der Waals surface area contributed by atoms with Crippen LogP contribution in [-0.2, 0) is 4.74 Å². The second-order valence-electron chi connectivity index (χ2n) is 5.01. The topological polar surface area (TPSA) is 32.7 Å². The second-order valence-corrected chi connectivity index (χ2v) is 5.42. The lowest BCUT2D eigenvalue weighted by Gasteiger charge is -2.36. The van der Waals surface area contributed by atoms with Crippen molar-refractivity contribution in [3.8, 4) is 0 Å². The Labute approximate surface area is 113 Å². The third kappa shape index (κ3) is 3.45. The Bertz CT molecular complexity index is 389. The highest BCUT2D eigenvalue weighted by Crippen LogP contribution is 2.24. The molecule has 0 radical (unpaired) electrons. The first-order chi connectivity index (χ1) is 8.56. The lowest BCUT2D eigenvalue weighted by molar-refractivity contribution is -0.0767. The van der Waals surface area contributed by atoms with Crippen molar-refractivity contribution >= 4 is 11.6 Å². The van der Waals surface area contributed by atoms with Gasteiger partial charge in [-0.15, -0.1) is 0 Å². The van der Waals surface area contributed by atoms with Crippen LogP contribution in [0.25, 0.3) is 0 Å². The minimum atomic E-state index is -0.545. The summed E-state index contributed by atoms with van der Waals surface area (Å²) in [5, 5.41) is 10.9. The van der Waals surface area contributed by atoms with E-state index in [-0.39, 0.29) is 12.2 Å². The summed E-state index contributed by atoms with van der Waals surface area (Å²) >= 11 is 6.09. The summed E-state index contributed by atoms with van der Waals surface area (Å²) in [5.41, 5.74) is 0.797. The van der Waals surface area contributed by atoms with E-state index in [0.717, 1.165) is 18.7 Å². The molecular formula is C14H20ClNO2. The average molecular weight is 270 g/mol. The monoisotopic (exact) mass is 269 g/mol. The van der Waals surface area contributed by atoms with E-state index in [2.05, 4.69) is 18.7 Å². The van der Waals surface area contributed by atoms with E-state index in [4.69, 9.17) is 16.3 Å². The number of morpholine rings is 1. The largest absolute Gasteiger partial charge is 0.387 e. The zero-order valence-corrected chi connectivity index (χ0v) is 11.6. The van der Waals surface area contributed by atoms with Gasteiger partial charge in [0.2, 0.25) is 0 Å². The number of hydrogen-bond donors (Lipinski definition) is 1. The Morgan fingerprint density at radius 1 is 1.33 bits per heavy atom. The van der Waals surface area contributed by atoms with Crippen LogP contribution in [0.5, 0.6) is 0 Å². The van der Waals surface area contributed by atoms with Crippen LogP contribution in [-0.4, -0.2) is 41.8 Å². The van der Waals surface area contributed by atoms with Crippen molar-refractivity contribution in [1.82, 2.24) is 4.90 Å². The summed E-state index contributed by atoms with van der Waals surface area (Å²) in [4.78, 5) is 2.23. The van der Waals surface area contributed by atoms with Crippen molar-refractivity contribution in [3.05, 3.63) is 34.9 Å². The number of halogens is 1. The van der Waals surface area contributed by atoms with Gasteiger partial charge in [-0.3, -0.25) is 4.90 Å². The van der Waals surface area contributed by atoms with Crippen LogP contribution in [0.4, 0.5) is 0 Å². The Morgan fingerprint density at radius 3 is 2.56 bits per heavy atom. The standard InChI is InChI=1S/C14H20ClNO2/c1-10-7-16(8-11(2)18-10)9-14(17)12-5-3-4-6-13(12)15/h3-6,10-11,14,17H,7-9H2,1-2H3/t10-,11+,14-/m0/s1. The maximum atomic E-state index is 10.3. The van der Waals surface area contributed by atoms with Gasteiger partial charge in [0.15, 0.2) is 0 Å². The quantitative estimate of drug-likeness (QED) is 0.915. The van der Waals surface area contributed by atoms with Crippen molar-refractivity contribution in [3.63, 3.8) is 0 Å². The normalized spacial score (nSPS) is 27.1. The number of ether oxygens (including phenoxy) is 1. The van der Waals surface area contributed by atoms with E-state index in [0.29, 0.717) is 11.6 Å². The molecule has 1 aromatic carbocycles. The zero-order chi connectivity index (χ0) is 13.1. The Morgan fingerprint density at radius 2 is 1.94 bits per heavy atom. The maximum Gasteiger partial charge on any atom is 0.0931 e. The van der Waals surface area contributed by atoms with Crippen LogP contribution in [0.1, 0.15) is 25.5 Å². The third-order valence-electron chi connectivity index (χ3n) is 3.19. The maximum absolute atomic E-state index is 10.3. The second kappa shape index (κ2) is 6.02. The van der Waals surface area contributed by atoms with Gasteiger partial charge in [0.1, 0.15) is 0 Å². The van der Waals surface area contributed by atoms with Crippen LogP contribution >= 0.6 is 11.6 Å². The summed E-state index contributed by atoms with van der Waals surface area (Å²) < 4.78 is 5.68. The molecule has 0 amide bonds. The van der Waals surface area contributed by atoms with E-state index >= 15 is 0 Å². The molecule has 100 valence electrons. The first kappa shape index (κ1) is 13.8. The van der Waals surface area contributed by atoms with Crippen molar-refractivity contribution in [2.75, 3.05) is 19.6 Å². The van der Waals surface area contributed by atoms with Crippen molar-refractivity contribution in [2.24, 2.45) is 0 Å². The Hall–Kier alpha value is -0.610. The summed E-state index contributed by atoms with van der Waals surface area (Å²) in [6.45, 7) is 6.43. The molecule has 0 spiro atoms. The molecule has 1 heterocycles. The van der Waals surface area contributed by atoms with Gasteiger partial charge < -0.3 is 9.84 Å². The molecule has 0 aromatic heterocycles. The van der Waals surface area contributed by atoms with Crippen LogP contribution in [0.15, 0.2) is 24.3 Å². The Kier molecular flexibility index (Phi) is 4.62. The summed E-state index contributed by atoms with van der Waals surface area (Å²) in [6.07, 6.45) is -0.115. The van der Waals surface area contributed by atoms with Gasteiger partial charge in [-0.25, -0.2) is 0 Å². The van der Waals surface area contributed by atoms with Crippen molar-refractivity contribution < 1.29 is 9.84 Å². The third-order valence-corrected chi connectivity index (χ3v) is 3.53. The first-order valence-electron chi connectivity index (χ1n) is 6.36. The molecule has 18 heavy (non-hydrogen) atoms. The molecule has 1 N–H and O–H groups in total. The molecule has 0 aliphatic carbocycles. The molecule has 0 unspecified atom stereocenters. The highest BCUT2D eigenvalue weighted by molar-refractivity contribution is 6.31. The molecule has 1 fully saturated rings. The summed E-state index contributed by atoms with van der Waals surface area (Å²) in [7, 11) is 0. The fourth-order valence-electron chi connectivity index (χ4n) is 2.52. The number of aliphatic hydroxyl groups excluding tert-OH is 1. The summed E-state index contributed by atoms with van der Waals surface area (Å²) in [5.74, 6) is 0. The van der Waals surface area contributed by atoms with E-state index in [1.54, 1.807) is 0 Å². The molecule has 3 nitrogen and oxygen atoms in total. The van der Waals surface area contributed by atoms with Crippen molar-refractivity contribution in [2.45, 2.75) is 32.2 Å². The molecule has 4 heteroatoms. The number of hydrogen-bond acceptors (Lipinski definition) is 3. The number of rotatable bonds is 3. The highest BCUT2D eigenvalue weighted by Gasteiger charge is 2.24. The molecule has 0 bridgehead atoms. The number of benzene rings is 1. The number of β-amino-alcohol motifs (C(OH)–C–C–N with tert-alkyl or cyclic N) is 1. The lowest BCUT2D eigenvalue weighted by Crippen LogP contribution is -2.46. The lowest BCUT2D eigenvalue weighted by atomic mass is 10.1. The van der Waals surface area contributed by atoms with Gasteiger partial charge in [-0.05, 0) is 19.9 Å². The smallest absolute Gasteiger partial charge is 0.0931 e. The SMILES string of the molecule is C[C@@H]1CN(C[C@H](O)c2ccccc2Cl)C[C@H](C)O1. The molecule has 1 aliphatic heterocycles. The van der Waals surface area contributed by atoms with E-state index in [1.807, 2.05) is 24.3 Å². The van der Waals surface area contributed by atoms with Crippen LogP contribution < -0.4 is 0 Å². The number of nitrogens with zero attached hydrogens (tertiary/aromatic N) is 1. The fraction of sp³-hybridized carbons (Fsp3) is 0.571. The predicted octanol–water partition coefficient (Wildman–Crippen LogP) is 2.48. The minimum absolute atomic E-state index is 0.215. The first-order valence-corrected chi connectivity index (χ1v) is 6.74. The highest BCUT2D eigenvalue weighted by atomic mass is 35.5. The van der Waals surface area contributed by atoms with E-state index in [1.165, 1.54) is 0 Å². The van der Waals surface area contributed by atoms with Gasteiger partial charge in [0, 0.05) is 30.2 Å². The van der Waals surface area contributed by atoms with Crippen molar-refractivity contribution in [1.29, 1.82) is 0 Å². The Balaban J connectivity index is 1.99. The van der Waals surface area contributed by atoms with Gasteiger partial charge in [-0.1, -0.05) is 29.8 Å². The number of aliphatic hydroxyl groups is 1. The zero-order valence-electron chi connectivity index (χ0n) is 10.8. The fourth-order valence-corrected chi connectivity index (χ4v) is 2.78. The molecule has 2 rings (SSSR count). The molecule has 1 aliphatic rings. The van der Waals surface area contributed by atoms with Crippen LogP contribution in [0.3, 0.4) is 0 Å². The average Bonchev–Trinajstić information content (AvgIpc) is 2.27. The van der Waals surface area contributed by atoms with Crippen LogP contribution in [0, 0.1) is 0 Å². The van der Waals surface area contributed by atoms with E-state index in [9.17, 15) is 5.11 Å². The molecule has 3 atom stereocenters. The van der Waals surface area contributed by atoms with Gasteiger partial charge >= 0.3 is 0 Å². The van der Waals surface area contributed by atoms with Gasteiger partial charge in [0.25, 0.3) is 0 Å². The van der Waals surface area contributed by atoms with Gasteiger partial charge in [0.05, 0.1) is 18.3 Å². The predicted molar refractivity (Wildman–Crippen MR) is 72.9 cm³/mol. The molecule has 0 saturated carbocycles. The molecule has 1 aromatic rings. The summed E-state index contributed by atoms with van der Waals surface area (Å²) in [6, 6.07) is 7.46. The molecular weight excluding hydrogens is 250 g/mol. The molecule has 1 saturated heterocycles. The van der Waals surface area contributed by atoms with Gasteiger partial charge in [-0.2, -0.15) is 0 Å². The van der Waals surface area contributed by atoms with Crippen LogP contribution in [0.2, 0.25) is 5.02 Å². The van der Waals surface area contributed by atoms with E-state index < -0.39 is 6.10 Å².